The molecule has 1 aliphatic rings. The van der Waals surface area contributed by atoms with Gasteiger partial charge in [-0.3, -0.25) is 18.8 Å². The van der Waals surface area contributed by atoms with Gasteiger partial charge < -0.3 is 9.88 Å². The smallest absolute Gasteiger partial charge is 0.332 e. The molecule has 0 radical (unpaired) electrons. The maximum atomic E-state index is 12.7. The standard InChI is InChI=1S/C27H32N6O2.2ClH/c1-30-25-23(28-20-29-25)26(34)33(27(30)35)15-9-8-14-31-16-18-32(19-17-31)24(21-10-4-2-5-11-21)22-12-6-3-7-13-22;;/h2-7,10-13,20,24H,8-9,14-19H2,1H3,(H,28,29);2*1H. The molecular formula is C27H34Cl2N6O2. The molecule has 2 aromatic carbocycles. The van der Waals surface area contributed by atoms with Crippen LogP contribution in [0.2, 0.25) is 0 Å². The molecule has 1 fully saturated rings. The summed E-state index contributed by atoms with van der Waals surface area (Å²) in [4.78, 5) is 37.2. The fraction of sp³-hybridized carbons (Fsp3) is 0.370. The lowest BCUT2D eigenvalue weighted by atomic mass is 9.96. The van der Waals surface area contributed by atoms with Gasteiger partial charge in [0.1, 0.15) is 5.52 Å². The minimum absolute atomic E-state index is 0. The first-order valence-electron chi connectivity index (χ1n) is 12.3. The van der Waals surface area contributed by atoms with Crippen LogP contribution in [-0.2, 0) is 13.6 Å². The van der Waals surface area contributed by atoms with E-state index in [1.165, 1.54) is 26.6 Å². The number of hydrogen-bond acceptors (Lipinski definition) is 5. The van der Waals surface area contributed by atoms with Gasteiger partial charge in [0.25, 0.3) is 5.56 Å². The predicted octanol–water partition coefficient (Wildman–Crippen LogP) is 3.45. The first-order valence-corrected chi connectivity index (χ1v) is 12.3. The number of imidazole rings is 1. The Morgan fingerprint density at radius 1 is 0.838 bits per heavy atom. The van der Waals surface area contributed by atoms with Crippen LogP contribution in [-0.4, -0.2) is 61.6 Å². The first-order chi connectivity index (χ1) is 17.1. The zero-order chi connectivity index (χ0) is 24.2. The van der Waals surface area contributed by atoms with Gasteiger partial charge in [0.05, 0.1) is 12.4 Å². The number of halogens is 2. The zero-order valence-electron chi connectivity index (χ0n) is 21.0. The van der Waals surface area contributed by atoms with Crippen molar-refractivity contribution in [1.82, 2.24) is 28.9 Å². The van der Waals surface area contributed by atoms with Crippen molar-refractivity contribution in [2.45, 2.75) is 25.4 Å². The van der Waals surface area contributed by atoms with Crippen LogP contribution in [0.4, 0.5) is 0 Å². The summed E-state index contributed by atoms with van der Waals surface area (Å²) in [5.41, 5.74) is 2.84. The Labute approximate surface area is 228 Å². The highest BCUT2D eigenvalue weighted by Gasteiger charge is 2.26. The Morgan fingerprint density at radius 3 is 2.00 bits per heavy atom. The van der Waals surface area contributed by atoms with Crippen LogP contribution < -0.4 is 11.2 Å². The number of unbranched alkanes of at least 4 members (excludes halogenated alkanes) is 1. The van der Waals surface area contributed by atoms with Crippen molar-refractivity contribution in [3.05, 3.63) is 99.0 Å². The second-order valence-electron chi connectivity index (χ2n) is 9.21. The SMILES string of the molecule is Cl.Cl.Cn1c(=O)n(CCCCN2CCN(C(c3ccccc3)c3ccccc3)CC2)c(=O)c2[nH]cnc21. The number of benzene rings is 2. The average Bonchev–Trinajstić information content (AvgIpc) is 3.40. The number of H-pyrrole nitrogens is 1. The topological polar surface area (TPSA) is 79.2 Å². The van der Waals surface area contributed by atoms with Crippen molar-refractivity contribution in [1.29, 1.82) is 0 Å². The van der Waals surface area contributed by atoms with Gasteiger partial charge >= 0.3 is 5.69 Å². The molecule has 3 heterocycles. The Bertz CT molecular complexity index is 1340. The number of aryl methyl sites for hydroxylation is 1. The molecule has 2 aromatic heterocycles. The van der Waals surface area contributed by atoms with Crippen LogP contribution in [0.5, 0.6) is 0 Å². The molecule has 0 spiro atoms. The van der Waals surface area contributed by atoms with Crippen LogP contribution >= 0.6 is 24.8 Å². The summed E-state index contributed by atoms with van der Waals surface area (Å²) in [6.07, 6.45) is 3.18. The summed E-state index contributed by atoms with van der Waals surface area (Å²) in [5.74, 6) is 0. The number of nitrogens with one attached hydrogen (secondary N) is 1. The summed E-state index contributed by atoms with van der Waals surface area (Å²) >= 11 is 0. The Balaban J connectivity index is 0.00000190. The van der Waals surface area contributed by atoms with Crippen LogP contribution in [0.15, 0.2) is 76.6 Å². The van der Waals surface area contributed by atoms with Crippen molar-refractivity contribution < 1.29 is 0 Å². The Hall–Kier alpha value is -2.91. The van der Waals surface area contributed by atoms with E-state index in [4.69, 9.17) is 0 Å². The molecule has 8 nitrogen and oxygen atoms in total. The molecule has 0 aliphatic carbocycles. The molecule has 0 atom stereocenters. The summed E-state index contributed by atoms with van der Waals surface area (Å²) in [7, 11) is 1.65. The lowest BCUT2D eigenvalue weighted by Crippen LogP contribution is -2.48. The first kappa shape index (κ1) is 28.7. The summed E-state index contributed by atoms with van der Waals surface area (Å²) in [6.45, 7) is 5.42. The number of rotatable bonds is 8. The fourth-order valence-electron chi connectivity index (χ4n) is 5.12. The van der Waals surface area contributed by atoms with Crippen LogP contribution in [0.25, 0.3) is 11.2 Å². The van der Waals surface area contributed by atoms with Gasteiger partial charge in [-0.2, -0.15) is 0 Å². The second kappa shape index (κ2) is 13.1. The maximum absolute atomic E-state index is 12.7. The third-order valence-electron chi connectivity index (χ3n) is 7.02. The highest BCUT2D eigenvalue weighted by Crippen LogP contribution is 2.29. The minimum atomic E-state index is -0.309. The molecule has 1 N–H and O–H groups in total. The largest absolute Gasteiger partial charge is 0.339 e. The predicted molar refractivity (Wildman–Crippen MR) is 152 cm³/mol. The van der Waals surface area contributed by atoms with Crippen LogP contribution in [0, 0.1) is 0 Å². The van der Waals surface area contributed by atoms with Crippen molar-refractivity contribution in [2.75, 3.05) is 32.7 Å². The van der Waals surface area contributed by atoms with Gasteiger partial charge in [-0.05, 0) is 30.5 Å². The third kappa shape index (κ3) is 6.15. The Kier molecular flexibility index (Phi) is 10.1. The molecule has 198 valence electrons. The van der Waals surface area contributed by atoms with Crippen LogP contribution in [0.3, 0.4) is 0 Å². The van der Waals surface area contributed by atoms with Gasteiger partial charge in [-0.1, -0.05) is 60.7 Å². The monoisotopic (exact) mass is 544 g/mol. The summed E-state index contributed by atoms with van der Waals surface area (Å²) < 4.78 is 2.76. The second-order valence-corrected chi connectivity index (χ2v) is 9.21. The molecular weight excluding hydrogens is 511 g/mol. The van der Waals surface area contributed by atoms with E-state index in [1.54, 1.807) is 7.05 Å². The molecule has 0 saturated carbocycles. The van der Waals surface area contributed by atoms with E-state index in [9.17, 15) is 9.59 Å². The van der Waals surface area contributed by atoms with Gasteiger partial charge in [0, 0.05) is 39.8 Å². The van der Waals surface area contributed by atoms with Gasteiger partial charge in [-0.25, -0.2) is 9.78 Å². The summed E-state index contributed by atoms with van der Waals surface area (Å²) in [6, 6.07) is 21.7. The van der Waals surface area contributed by atoms with Crippen molar-refractivity contribution >= 4 is 36.0 Å². The fourth-order valence-corrected chi connectivity index (χ4v) is 5.12. The maximum Gasteiger partial charge on any atom is 0.332 e. The highest BCUT2D eigenvalue weighted by atomic mass is 35.5. The van der Waals surface area contributed by atoms with E-state index in [2.05, 4.69) is 80.4 Å². The Morgan fingerprint density at radius 2 is 1.41 bits per heavy atom. The number of hydrogen-bond donors (Lipinski definition) is 1. The molecule has 1 saturated heterocycles. The molecule has 1 aliphatic heterocycles. The average molecular weight is 546 g/mol. The molecule has 4 aromatic rings. The lowest BCUT2D eigenvalue weighted by molar-refractivity contribution is 0.108. The lowest BCUT2D eigenvalue weighted by Gasteiger charge is -2.39. The number of piperazine rings is 1. The van der Waals surface area contributed by atoms with Crippen molar-refractivity contribution in [3.8, 4) is 0 Å². The van der Waals surface area contributed by atoms with E-state index in [-0.39, 0.29) is 42.1 Å². The number of aromatic nitrogens is 4. The normalized spacial score (nSPS) is 14.4. The molecule has 0 bridgehead atoms. The number of aromatic amines is 1. The van der Waals surface area contributed by atoms with Crippen molar-refractivity contribution in [3.63, 3.8) is 0 Å². The van der Waals surface area contributed by atoms with E-state index in [0.29, 0.717) is 17.7 Å². The zero-order valence-corrected chi connectivity index (χ0v) is 22.6. The van der Waals surface area contributed by atoms with Crippen LogP contribution in [0.1, 0.15) is 30.0 Å². The minimum Gasteiger partial charge on any atom is -0.339 e. The molecule has 37 heavy (non-hydrogen) atoms. The van der Waals surface area contributed by atoms with Crippen molar-refractivity contribution in [2.24, 2.45) is 7.05 Å². The van der Waals surface area contributed by atoms with E-state index >= 15 is 0 Å². The van der Waals surface area contributed by atoms with E-state index in [0.717, 1.165) is 45.6 Å². The third-order valence-corrected chi connectivity index (χ3v) is 7.02. The quantitative estimate of drug-likeness (QED) is 0.343. The number of fused-ring (bicyclic) bond motifs is 1. The van der Waals surface area contributed by atoms with Gasteiger partial charge in [-0.15, -0.1) is 24.8 Å². The summed E-state index contributed by atoms with van der Waals surface area (Å²) in [5, 5.41) is 0. The van der Waals surface area contributed by atoms with Gasteiger partial charge in [0.15, 0.2) is 5.65 Å². The highest BCUT2D eigenvalue weighted by molar-refractivity contribution is 5.85. The van der Waals surface area contributed by atoms with E-state index < -0.39 is 0 Å². The van der Waals surface area contributed by atoms with E-state index in [1.807, 2.05) is 0 Å². The number of nitrogens with zero attached hydrogens (tertiary/aromatic N) is 5. The van der Waals surface area contributed by atoms with Gasteiger partial charge in [0.2, 0.25) is 0 Å². The molecule has 0 unspecified atom stereocenters. The molecule has 10 heteroatoms. The molecule has 5 rings (SSSR count). The molecule has 0 amide bonds.